The van der Waals surface area contributed by atoms with Crippen LogP contribution < -0.4 is 16.6 Å². The Labute approximate surface area is 137 Å². The van der Waals surface area contributed by atoms with Crippen LogP contribution in [0.3, 0.4) is 0 Å². The second-order valence-corrected chi connectivity index (χ2v) is 5.18. The lowest BCUT2D eigenvalue weighted by Gasteiger charge is -2.10. The second-order valence-electron chi connectivity index (χ2n) is 5.18. The Hall–Kier alpha value is -3.11. The first-order valence-electron chi connectivity index (χ1n) is 7.33. The molecule has 124 valence electrons. The van der Waals surface area contributed by atoms with E-state index in [4.69, 9.17) is 11.5 Å². The standard InChI is InChI=1S/C12H13N.C5H4N2O4/c1-2-9-13-12-8-7-10-5-3-4-6-11(10)12;8-3-1-2(4(9)10)6-5(11)7-3/h1,3-6,12-13H,7-9H2;1H,(H,9,10)(H2,6,7,8,11)/t12-;/m1./s1. The number of hydrogen-bond acceptors (Lipinski definition) is 4. The third kappa shape index (κ3) is 4.44. The Kier molecular flexibility index (Phi) is 5.71. The Morgan fingerprint density at radius 1 is 1.33 bits per heavy atom. The van der Waals surface area contributed by atoms with Gasteiger partial charge in [0.25, 0.3) is 5.56 Å². The summed E-state index contributed by atoms with van der Waals surface area (Å²) in [6.07, 6.45) is 7.57. The van der Waals surface area contributed by atoms with E-state index in [1.807, 2.05) is 9.97 Å². The van der Waals surface area contributed by atoms with Crippen molar-refractivity contribution in [2.75, 3.05) is 6.54 Å². The molecule has 1 aromatic carbocycles. The van der Waals surface area contributed by atoms with Crippen LogP contribution in [0.5, 0.6) is 0 Å². The quantitative estimate of drug-likeness (QED) is 0.618. The number of rotatable bonds is 3. The fourth-order valence-corrected chi connectivity index (χ4v) is 2.54. The summed E-state index contributed by atoms with van der Waals surface area (Å²) < 4.78 is 0. The second kappa shape index (κ2) is 7.94. The van der Waals surface area contributed by atoms with Gasteiger partial charge in [-0.2, -0.15) is 0 Å². The number of hydrogen-bond donors (Lipinski definition) is 4. The smallest absolute Gasteiger partial charge is 0.352 e. The number of carbonyl (C=O) groups is 1. The van der Waals surface area contributed by atoms with E-state index in [2.05, 4.69) is 35.5 Å². The monoisotopic (exact) mass is 327 g/mol. The molecule has 0 bridgehead atoms. The third-order valence-electron chi connectivity index (χ3n) is 3.57. The van der Waals surface area contributed by atoms with Gasteiger partial charge < -0.3 is 10.1 Å². The molecule has 0 unspecified atom stereocenters. The molecule has 0 saturated heterocycles. The molecule has 4 N–H and O–H groups in total. The molecule has 24 heavy (non-hydrogen) atoms. The molecule has 7 heteroatoms. The predicted octanol–water partition coefficient (Wildman–Crippen LogP) is 0.658. The average molecular weight is 327 g/mol. The molecular formula is C17H17N3O4. The van der Waals surface area contributed by atoms with E-state index >= 15 is 0 Å². The van der Waals surface area contributed by atoms with Crippen molar-refractivity contribution < 1.29 is 9.90 Å². The van der Waals surface area contributed by atoms with E-state index in [0.29, 0.717) is 12.6 Å². The number of aromatic carboxylic acids is 1. The number of carboxylic acid groups (broad SMARTS) is 1. The summed E-state index contributed by atoms with van der Waals surface area (Å²) >= 11 is 0. The summed E-state index contributed by atoms with van der Waals surface area (Å²) in [6.45, 7) is 0.666. The van der Waals surface area contributed by atoms with Crippen LogP contribution in [-0.4, -0.2) is 27.6 Å². The van der Waals surface area contributed by atoms with E-state index in [0.717, 1.165) is 6.07 Å². The molecule has 1 aliphatic carbocycles. The van der Waals surface area contributed by atoms with Gasteiger partial charge in [-0.25, -0.2) is 9.59 Å². The fraction of sp³-hybridized carbons (Fsp3) is 0.235. The molecule has 1 heterocycles. The number of aryl methyl sites for hydroxylation is 1. The number of aromatic nitrogens is 2. The van der Waals surface area contributed by atoms with Crippen LogP contribution in [0.1, 0.15) is 34.1 Å². The maximum Gasteiger partial charge on any atom is 0.352 e. The lowest BCUT2D eigenvalue weighted by atomic mass is 10.1. The highest BCUT2D eigenvalue weighted by Crippen LogP contribution is 2.30. The molecule has 2 aromatic rings. The van der Waals surface area contributed by atoms with Gasteiger partial charge in [0.1, 0.15) is 5.69 Å². The minimum absolute atomic E-state index is 0.418. The van der Waals surface area contributed by atoms with Crippen molar-refractivity contribution in [1.82, 2.24) is 15.3 Å². The number of H-pyrrole nitrogens is 2. The summed E-state index contributed by atoms with van der Waals surface area (Å²) in [5.74, 6) is 1.27. The van der Waals surface area contributed by atoms with Crippen LogP contribution in [0.25, 0.3) is 0 Å². The highest BCUT2D eigenvalue weighted by atomic mass is 16.4. The summed E-state index contributed by atoms with van der Waals surface area (Å²) in [4.78, 5) is 34.9. The van der Waals surface area contributed by atoms with Crippen molar-refractivity contribution in [2.45, 2.75) is 18.9 Å². The highest BCUT2D eigenvalue weighted by Gasteiger charge is 2.20. The molecule has 7 nitrogen and oxygen atoms in total. The SMILES string of the molecule is C#CCN[C@@H]1CCc2ccccc21.O=C(O)c1cc(=O)[nH]c(=O)[nH]1. The van der Waals surface area contributed by atoms with Gasteiger partial charge >= 0.3 is 11.7 Å². The van der Waals surface area contributed by atoms with Crippen molar-refractivity contribution in [1.29, 1.82) is 0 Å². The van der Waals surface area contributed by atoms with Crippen LogP contribution >= 0.6 is 0 Å². The third-order valence-corrected chi connectivity index (χ3v) is 3.57. The van der Waals surface area contributed by atoms with Gasteiger partial charge in [0.15, 0.2) is 0 Å². The van der Waals surface area contributed by atoms with Gasteiger partial charge in [0.2, 0.25) is 0 Å². The largest absolute Gasteiger partial charge is 0.477 e. The Morgan fingerprint density at radius 3 is 2.75 bits per heavy atom. The molecule has 1 aliphatic rings. The average Bonchev–Trinajstić information content (AvgIpc) is 2.96. The van der Waals surface area contributed by atoms with Crippen molar-refractivity contribution in [3.63, 3.8) is 0 Å². The van der Waals surface area contributed by atoms with Crippen molar-refractivity contribution in [3.05, 3.63) is 68.0 Å². The molecule has 0 amide bonds. The Bertz CT molecular complexity index is 848. The summed E-state index contributed by atoms with van der Waals surface area (Å²) in [5.41, 5.74) is 0.926. The summed E-state index contributed by atoms with van der Waals surface area (Å²) in [6, 6.07) is 9.86. The minimum Gasteiger partial charge on any atom is -0.477 e. The van der Waals surface area contributed by atoms with E-state index in [1.54, 1.807) is 0 Å². The van der Waals surface area contributed by atoms with Crippen LogP contribution in [0.15, 0.2) is 39.9 Å². The normalized spacial score (nSPS) is 14.9. The van der Waals surface area contributed by atoms with Gasteiger partial charge in [-0.15, -0.1) is 6.42 Å². The van der Waals surface area contributed by atoms with Crippen molar-refractivity contribution in [3.8, 4) is 12.3 Å². The molecule has 0 saturated carbocycles. The van der Waals surface area contributed by atoms with Crippen LogP contribution in [-0.2, 0) is 6.42 Å². The maximum absolute atomic E-state index is 10.5. The predicted molar refractivity (Wildman–Crippen MR) is 89.0 cm³/mol. The van der Waals surface area contributed by atoms with Gasteiger partial charge in [-0.1, -0.05) is 30.2 Å². The highest BCUT2D eigenvalue weighted by molar-refractivity contribution is 5.84. The van der Waals surface area contributed by atoms with E-state index in [1.165, 1.54) is 24.0 Å². The van der Waals surface area contributed by atoms with Crippen LogP contribution in [0, 0.1) is 12.3 Å². The summed E-state index contributed by atoms with van der Waals surface area (Å²) in [5, 5.41) is 11.7. The van der Waals surface area contributed by atoms with Crippen molar-refractivity contribution in [2.24, 2.45) is 0 Å². The molecule has 0 fully saturated rings. The lowest BCUT2D eigenvalue weighted by Crippen LogP contribution is -2.24. The zero-order valence-electron chi connectivity index (χ0n) is 12.8. The Balaban J connectivity index is 0.000000177. The Morgan fingerprint density at radius 2 is 2.08 bits per heavy atom. The van der Waals surface area contributed by atoms with Gasteiger partial charge in [-0.05, 0) is 24.0 Å². The van der Waals surface area contributed by atoms with Crippen LogP contribution in [0.2, 0.25) is 0 Å². The number of aromatic amines is 2. The topological polar surface area (TPSA) is 115 Å². The molecular weight excluding hydrogens is 310 g/mol. The minimum atomic E-state index is -1.34. The zero-order valence-corrected chi connectivity index (χ0v) is 12.8. The molecule has 3 rings (SSSR count). The zero-order chi connectivity index (χ0) is 17.5. The number of benzene rings is 1. The summed E-state index contributed by atoms with van der Waals surface area (Å²) in [7, 11) is 0. The first-order chi connectivity index (χ1) is 11.5. The molecule has 0 radical (unpaired) electrons. The van der Waals surface area contributed by atoms with Gasteiger partial charge in [0, 0.05) is 12.1 Å². The molecule has 1 atom stereocenters. The van der Waals surface area contributed by atoms with E-state index in [9.17, 15) is 14.4 Å². The number of nitrogens with one attached hydrogen (secondary N) is 3. The van der Waals surface area contributed by atoms with Crippen molar-refractivity contribution >= 4 is 5.97 Å². The molecule has 1 aromatic heterocycles. The van der Waals surface area contributed by atoms with E-state index < -0.39 is 22.9 Å². The van der Waals surface area contributed by atoms with Gasteiger partial charge in [0.05, 0.1) is 6.54 Å². The first-order valence-corrected chi connectivity index (χ1v) is 7.33. The fourth-order valence-electron chi connectivity index (χ4n) is 2.54. The molecule has 0 spiro atoms. The van der Waals surface area contributed by atoms with Crippen LogP contribution in [0.4, 0.5) is 0 Å². The maximum atomic E-state index is 10.5. The van der Waals surface area contributed by atoms with Gasteiger partial charge in [-0.3, -0.25) is 15.1 Å². The first kappa shape index (κ1) is 17.2. The number of fused-ring (bicyclic) bond motifs is 1. The number of terminal acetylenes is 1. The molecule has 0 aliphatic heterocycles. The lowest BCUT2D eigenvalue weighted by molar-refractivity contribution is 0.0689. The van der Waals surface area contributed by atoms with E-state index in [-0.39, 0.29) is 0 Å². The number of carboxylic acids is 1.